The molecule has 4 rings (SSSR count). The number of nitrogens with one attached hydrogen (secondary N) is 2. The Morgan fingerprint density at radius 1 is 1.10 bits per heavy atom. The fourth-order valence-electron chi connectivity index (χ4n) is 3.41. The van der Waals surface area contributed by atoms with Crippen molar-refractivity contribution >= 4 is 12.4 Å². The molecule has 1 amide bonds. The standard InChI is InChI=1S/C21H19N3O2.CH2O2/c25-20-11-10-19(23-24-20)16-6-3-7-17(12-16)21(26)22-18-9-8-14-4-1-2-5-15(14)13-18;2-1-3/h1-7,10-12,18H,8-9,13H2,(H,22,26)(H,24,25);1H,(H,2,3). The summed E-state index contributed by atoms with van der Waals surface area (Å²) in [4.78, 5) is 32.2. The van der Waals surface area contributed by atoms with Crippen LogP contribution in [0.25, 0.3) is 11.3 Å². The fourth-order valence-corrected chi connectivity index (χ4v) is 3.41. The Bertz CT molecular complexity index is 1040. The minimum absolute atomic E-state index is 0.0827. The predicted molar refractivity (Wildman–Crippen MR) is 109 cm³/mol. The van der Waals surface area contributed by atoms with Crippen LogP contribution in [0.15, 0.2) is 65.5 Å². The topological polar surface area (TPSA) is 112 Å². The third kappa shape index (κ3) is 5.16. The van der Waals surface area contributed by atoms with E-state index >= 15 is 0 Å². The van der Waals surface area contributed by atoms with Crippen molar-refractivity contribution in [3.63, 3.8) is 0 Å². The molecule has 1 atom stereocenters. The van der Waals surface area contributed by atoms with Gasteiger partial charge in [0.25, 0.3) is 17.9 Å². The Kier molecular flexibility index (Phi) is 6.52. The summed E-state index contributed by atoms with van der Waals surface area (Å²) in [6.07, 6.45) is 2.80. The number of aromatic nitrogens is 2. The van der Waals surface area contributed by atoms with E-state index in [1.807, 2.05) is 18.2 Å². The number of carboxylic acid groups (broad SMARTS) is 1. The molecule has 2 aromatic carbocycles. The highest BCUT2D eigenvalue weighted by atomic mass is 16.3. The van der Waals surface area contributed by atoms with E-state index in [0.29, 0.717) is 11.3 Å². The molecule has 0 radical (unpaired) electrons. The summed E-state index contributed by atoms with van der Waals surface area (Å²) < 4.78 is 0. The second-order valence-corrected chi connectivity index (χ2v) is 6.67. The predicted octanol–water partition coefficient (Wildman–Crippen LogP) is 2.42. The van der Waals surface area contributed by atoms with Crippen LogP contribution in [-0.2, 0) is 17.6 Å². The highest BCUT2D eigenvalue weighted by molar-refractivity contribution is 5.95. The smallest absolute Gasteiger partial charge is 0.290 e. The molecule has 7 nitrogen and oxygen atoms in total. The molecule has 0 saturated heterocycles. The van der Waals surface area contributed by atoms with E-state index in [1.165, 1.54) is 17.2 Å². The first-order chi connectivity index (χ1) is 14.1. The normalized spacial score (nSPS) is 14.7. The SMILES string of the molecule is O=C(NC1CCc2ccccc2C1)c1cccc(-c2ccc(=O)[nH]n2)c1.O=CO. The van der Waals surface area contributed by atoms with Crippen LogP contribution in [0, 0.1) is 0 Å². The molecule has 148 valence electrons. The lowest BCUT2D eigenvalue weighted by atomic mass is 9.88. The van der Waals surface area contributed by atoms with Gasteiger partial charge < -0.3 is 10.4 Å². The number of carbonyl (C=O) groups is 2. The lowest BCUT2D eigenvalue weighted by molar-refractivity contribution is -0.122. The Balaban J connectivity index is 0.000000755. The number of amides is 1. The Hall–Kier alpha value is -3.74. The van der Waals surface area contributed by atoms with Crippen molar-refractivity contribution in [2.24, 2.45) is 0 Å². The van der Waals surface area contributed by atoms with Crippen LogP contribution in [-0.4, -0.2) is 33.7 Å². The first kappa shape index (κ1) is 20.0. The number of hydrogen-bond donors (Lipinski definition) is 3. The number of aromatic amines is 1. The van der Waals surface area contributed by atoms with E-state index in [-0.39, 0.29) is 24.0 Å². The van der Waals surface area contributed by atoms with Gasteiger partial charge in [0.1, 0.15) is 0 Å². The van der Waals surface area contributed by atoms with Gasteiger partial charge in [0, 0.05) is 23.2 Å². The summed E-state index contributed by atoms with van der Waals surface area (Å²) in [5, 5.41) is 16.5. The van der Waals surface area contributed by atoms with Crippen molar-refractivity contribution in [3.05, 3.63) is 87.7 Å². The van der Waals surface area contributed by atoms with Gasteiger partial charge >= 0.3 is 0 Å². The number of fused-ring (bicyclic) bond motifs is 1. The monoisotopic (exact) mass is 391 g/mol. The molecular formula is C22H21N3O4. The maximum atomic E-state index is 12.7. The van der Waals surface area contributed by atoms with Crippen molar-refractivity contribution in [3.8, 4) is 11.3 Å². The van der Waals surface area contributed by atoms with Crippen LogP contribution >= 0.6 is 0 Å². The highest BCUT2D eigenvalue weighted by Crippen LogP contribution is 2.22. The Morgan fingerprint density at radius 3 is 2.59 bits per heavy atom. The molecule has 0 fully saturated rings. The molecule has 0 aliphatic heterocycles. The summed E-state index contributed by atoms with van der Waals surface area (Å²) in [7, 11) is 0. The molecule has 3 N–H and O–H groups in total. The lowest BCUT2D eigenvalue weighted by Crippen LogP contribution is -2.38. The largest absolute Gasteiger partial charge is 0.483 e. The minimum atomic E-state index is -0.250. The van der Waals surface area contributed by atoms with E-state index in [0.717, 1.165) is 24.8 Å². The zero-order chi connectivity index (χ0) is 20.6. The number of hydrogen-bond acceptors (Lipinski definition) is 4. The summed E-state index contributed by atoms with van der Waals surface area (Å²) in [5.74, 6) is -0.0827. The van der Waals surface area contributed by atoms with E-state index in [1.54, 1.807) is 18.2 Å². The van der Waals surface area contributed by atoms with Crippen LogP contribution in [0.1, 0.15) is 27.9 Å². The van der Waals surface area contributed by atoms with Gasteiger partial charge in [-0.2, -0.15) is 5.10 Å². The summed E-state index contributed by atoms with van der Waals surface area (Å²) in [6.45, 7) is -0.250. The van der Waals surface area contributed by atoms with Crippen LogP contribution < -0.4 is 10.9 Å². The number of H-pyrrole nitrogens is 1. The van der Waals surface area contributed by atoms with Gasteiger partial charge in [-0.05, 0) is 48.6 Å². The van der Waals surface area contributed by atoms with Gasteiger partial charge in [0.2, 0.25) is 0 Å². The summed E-state index contributed by atoms with van der Waals surface area (Å²) in [6, 6.07) is 18.9. The average molecular weight is 391 g/mol. The first-order valence-electron chi connectivity index (χ1n) is 9.22. The molecule has 1 heterocycles. The number of rotatable bonds is 3. The average Bonchev–Trinajstić information content (AvgIpc) is 2.75. The maximum absolute atomic E-state index is 12.7. The number of nitrogens with zero attached hydrogens (tertiary/aromatic N) is 1. The molecular weight excluding hydrogens is 370 g/mol. The molecule has 1 aliphatic carbocycles. The van der Waals surface area contributed by atoms with Crippen LogP contribution in [0.4, 0.5) is 0 Å². The van der Waals surface area contributed by atoms with E-state index in [2.05, 4.69) is 33.7 Å². The molecule has 1 aromatic heterocycles. The van der Waals surface area contributed by atoms with Gasteiger partial charge in [-0.1, -0.05) is 36.4 Å². The molecule has 0 bridgehead atoms. The number of carbonyl (C=O) groups excluding carboxylic acids is 1. The molecule has 0 saturated carbocycles. The molecule has 7 heteroatoms. The van der Waals surface area contributed by atoms with Crippen LogP contribution in [0.3, 0.4) is 0 Å². The van der Waals surface area contributed by atoms with E-state index < -0.39 is 0 Å². The second-order valence-electron chi connectivity index (χ2n) is 6.67. The minimum Gasteiger partial charge on any atom is -0.483 e. The second kappa shape index (κ2) is 9.45. The third-order valence-electron chi connectivity index (χ3n) is 4.78. The molecule has 29 heavy (non-hydrogen) atoms. The fraction of sp³-hybridized carbons (Fsp3) is 0.182. The van der Waals surface area contributed by atoms with Gasteiger partial charge in [-0.3, -0.25) is 14.4 Å². The van der Waals surface area contributed by atoms with Crippen molar-refractivity contribution in [2.75, 3.05) is 0 Å². The van der Waals surface area contributed by atoms with Gasteiger partial charge in [0.15, 0.2) is 0 Å². The molecule has 1 aliphatic rings. The maximum Gasteiger partial charge on any atom is 0.290 e. The summed E-state index contributed by atoms with van der Waals surface area (Å²) in [5.41, 5.74) is 4.46. The van der Waals surface area contributed by atoms with Crippen molar-refractivity contribution in [2.45, 2.75) is 25.3 Å². The quantitative estimate of drug-likeness (QED) is 0.594. The van der Waals surface area contributed by atoms with Gasteiger partial charge in [-0.15, -0.1) is 0 Å². The third-order valence-corrected chi connectivity index (χ3v) is 4.78. The summed E-state index contributed by atoms with van der Waals surface area (Å²) >= 11 is 0. The molecule has 0 spiro atoms. The first-order valence-corrected chi connectivity index (χ1v) is 9.22. The Labute approximate surface area is 167 Å². The van der Waals surface area contributed by atoms with Crippen molar-refractivity contribution in [1.82, 2.24) is 15.5 Å². The van der Waals surface area contributed by atoms with Crippen LogP contribution in [0.2, 0.25) is 0 Å². The number of benzene rings is 2. The van der Waals surface area contributed by atoms with Crippen molar-refractivity contribution < 1.29 is 14.7 Å². The van der Waals surface area contributed by atoms with Crippen molar-refractivity contribution in [1.29, 1.82) is 0 Å². The Morgan fingerprint density at radius 2 is 1.86 bits per heavy atom. The van der Waals surface area contributed by atoms with Gasteiger partial charge in [-0.25, -0.2) is 5.10 Å². The van der Waals surface area contributed by atoms with Gasteiger partial charge in [0.05, 0.1) is 5.69 Å². The van der Waals surface area contributed by atoms with E-state index in [4.69, 9.17) is 9.90 Å². The number of aryl methyl sites for hydroxylation is 1. The lowest BCUT2D eigenvalue weighted by Gasteiger charge is -2.25. The zero-order valence-electron chi connectivity index (χ0n) is 15.7. The molecule has 1 unspecified atom stereocenters. The van der Waals surface area contributed by atoms with E-state index in [9.17, 15) is 9.59 Å². The highest BCUT2D eigenvalue weighted by Gasteiger charge is 2.20. The zero-order valence-corrected chi connectivity index (χ0v) is 15.7. The molecule has 3 aromatic rings. The van der Waals surface area contributed by atoms with Crippen LogP contribution in [0.5, 0.6) is 0 Å².